The van der Waals surface area contributed by atoms with E-state index < -0.39 is 42.4 Å². The van der Waals surface area contributed by atoms with Gasteiger partial charge < -0.3 is 14.6 Å². The van der Waals surface area contributed by atoms with E-state index in [1.807, 2.05) is 0 Å². The molecule has 4 nitrogen and oxygen atoms in total. The smallest absolute Gasteiger partial charge is 0.426 e. The molecule has 0 radical (unpaired) electrons. The molecule has 4 bridgehead atoms. The Balaban J connectivity index is 1.87. The maximum absolute atomic E-state index is 13.3. The maximum Gasteiger partial charge on any atom is 0.426 e. The summed E-state index contributed by atoms with van der Waals surface area (Å²) in [5.74, 6) is -3.08. The second-order valence-corrected chi connectivity index (χ2v) is 7.91. The fourth-order valence-electron chi connectivity index (χ4n) is 5.14. The van der Waals surface area contributed by atoms with Crippen molar-refractivity contribution in [2.24, 2.45) is 23.2 Å². The van der Waals surface area contributed by atoms with E-state index in [-0.39, 0.29) is 36.4 Å². The molecule has 26 heavy (non-hydrogen) atoms. The number of carboxylic acids is 1. The van der Waals surface area contributed by atoms with E-state index >= 15 is 0 Å². The van der Waals surface area contributed by atoms with Crippen LogP contribution < -0.4 is 5.11 Å². The second-order valence-electron chi connectivity index (χ2n) is 7.91. The lowest BCUT2D eigenvalue weighted by molar-refractivity contribution is -0.396. The topological polar surface area (TPSA) is 66.4 Å². The van der Waals surface area contributed by atoms with Crippen LogP contribution in [0.4, 0.5) is 26.3 Å². The van der Waals surface area contributed by atoms with Crippen molar-refractivity contribution in [1.82, 2.24) is 0 Å². The Labute approximate surface area is 144 Å². The van der Waals surface area contributed by atoms with E-state index in [2.05, 4.69) is 4.74 Å². The summed E-state index contributed by atoms with van der Waals surface area (Å²) >= 11 is 0. The Morgan fingerprint density at radius 3 is 1.96 bits per heavy atom. The molecule has 4 aliphatic rings. The Morgan fingerprint density at radius 1 is 1.04 bits per heavy atom. The van der Waals surface area contributed by atoms with Crippen LogP contribution in [0.25, 0.3) is 0 Å². The number of alkyl halides is 6. The van der Waals surface area contributed by atoms with Crippen molar-refractivity contribution < 1.29 is 45.8 Å². The number of carbonyl (C=O) groups is 2. The van der Waals surface area contributed by atoms with Crippen LogP contribution in [0.15, 0.2) is 0 Å². The third-order valence-corrected chi connectivity index (χ3v) is 6.05. The lowest BCUT2D eigenvalue weighted by atomic mass is 9.49. The van der Waals surface area contributed by atoms with Crippen LogP contribution >= 0.6 is 0 Å². The number of aliphatic carboxylic acids is 1. The number of Topliss-reactive ketones (excluding diaryl/α,β-unsaturated/α-hetero) is 1. The van der Waals surface area contributed by atoms with E-state index in [9.17, 15) is 41.0 Å². The standard InChI is InChI=1S/C16H18F6O4/c17-15(18,19)14(6-11(23)24,16(20,21)22)26-7-13-3-8-1-9(4-13)12(25)10(2-8)5-13/h8-10H,1-7H2,(H,23,24)/p-1. The third-order valence-electron chi connectivity index (χ3n) is 6.05. The van der Waals surface area contributed by atoms with Gasteiger partial charge in [-0.05, 0) is 43.4 Å². The summed E-state index contributed by atoms with van der Waals surface area (Å²) in [4.78, 5) is 22.7. The molecule has 0 N–H and O–H groups in total. The Hall–Kier alpha value is -1.32. The zero-order valence-corrected chi connectivity index (χ0v) is 13.6. The molecular formula is C16H17F6O4-. The molecule has 0 aliphatic heterocycles. The van der Waals surface area contributed by atoms with Gasteiger partial charge in [-0.15, -0.1) is 0 Å². The molecule has 2 atom stereocenters. The first-order valence-corrected chi connectivity index (χ1v) is 8.30. The summed E-state index contributed by atoms with van der Waals surface area (Å²) in [6.07, 6.45) is -12.3. The Kier molecular flexibility index (Phi) is 4.36. The summed E-state index contributed by atoms with van der Waals surface area (Å²) in [5.41, 5.74) is -5.76. The van der Waals surface area contributed by atoms with Crippen molar-refractivity contribution >= 4 is 11.8 Å². The highest BCUT2D eigenvalue weighted by molar-refractivity contribution is 5.85. The molecule has 0 aromatic heterocycles. The van der Waals surface area contributed by atoms with Crippen molar-refractivity contribution in [2.75, 3.05) is 6.61 Å². The monoisotopic (exact) mass is 387 g/mol. The normalized spacial score (nSPS) is 34.4. The fraction of sp³-hybridized carbons (Fsp3) is 0.875. The van der Waals surface area contributed by atoms with Gasteiger partial charge in [0.2, 0.25) is 0 Å². The third kappa shape index (κ3) is 2.99. The SMILES string of the molecule is O=C([O-])CC(OCC12CC3CC(C1)C(=O)C(C3)C2)(C(F)(F)F)C(F)(F)F. The van der Waals surface area contributed by atoms with Gasteiger partial charge in [0.25, 0.3) is 5.60 Å². The van der Waals surface area contributed by atoms with E-state index in [0.29, 0.717) is 19.3 Å². The molecular weight excluding hydrogens is 370 g/mol. The number of carbonyl (C=O) groups excluding carboxylic acids is 2. The minimum absolute atomic E-state index is 0.0317. The molecule has 0 heterocycles. The van der Waals surface area contributed by atoms with Gasteiger partial charge in [-0.3, -0.25) is 4.79 Å². The van der Waals surface area contributed by atoms with Crippen LogP contribution in [0.1, 0.15) is 38.5 Å². The lowest BCUT2D eigenvalue weighted by Gasteiger charge is -2.56. The number of ether oxygens (including phenoxy) is 1. The predicted molar refractivity (Wildman–Crippen MR) is 71.4 cm³/mol. The molecule has 0 amide bonds. The molecule has 4 saturated carbocycles. The lowest BCUT2D eigenvalue weighted by Crippen LogP contribution is -2.63. The first-order valence-electron chi connectivity index (χ1n) is 8.30. The summed E-state index contributed by atoms with van der Waals surface area (Å²) in [7, 11) is 0. The molecule has 10 heteroatoms. The van der Waals surface area contributed by atoms with Gasteiger partial charge in [0.1, 0.15) is 5.78 Å². The van der Waals surface area contributed by atoms with Crippen molar-refractivity contribution in [2.45, 2.75) is 56.5 Å². The van der Waals surface area contributed by atoms with Crippen LogP contribution in [-0.4, -0.2) is 36.3 Å². The first kappa shape index (κ1) is 19.4. The van der Waals surface area contributed by atoms with Gasteiger partial charge in [-0.2, -0.15) is 26.3 Å². The van der Waals surface area contributed by atoms with Gasteiger partial charge in [0, 0.05) is 24.2 Å². The molecule has 0 spiro atoms. The molecule has 4 rings (SSSR count). The minimum Gasteiger partial charge on any atom is -0.550 e. The summed E-state index contributed by atoms with van der Waals surface area (Å²) in [6.45, 7) is -0.879. The van der Waals surface area contributed by atoms with E-state index in [1.54, 1.807) is 0 Å². The van der Waals surface area contributed by atoms with Crippen LogP contribution in [0.3, 0.4) is 0 Å². The summed E-state index contributed by atoms with van der Waals surface area (Å²) in [6, 6.07) is 0. The van der Waals surface area contributed by atoms with Crippen LogP contribution in [0, 0.1) is 23.2 Å². The Bertz CT molecular complexity index is 579. The molecule has 148 valence electrons. The molecule has 0 saturated heterocycles. The first-order chi connectivity index (χ1) is 11.8. The molecule has 4 fully saturated rings. The number of rotatable bonds is 5. The number of hydrogen-bond acceptors (Lipinski definition) is 4. The Morgan fingerprint density at radius 2 is 1.54 bits per heavy atom. The average molecular weight is 387 g/mol. The highest BCUT2D eigenvalue weighted by Crippen LogP contribution is 2.59. The number of carboxylic acid groups (broad SMARTS) is 1. The quantitative estimate of drug-likeness (QED) is 0.680. The van der Waals surface area contributed by atoms with Gasteiger partial charge in [0.15, 0.2) is 0 Å². The van der Waals surface area contributed by atoms with Crippen molar-refractivity contribution in [3.63, 3.8) is 0 Å². The summed E-state index contributed by atoms with van der Waals surface area (Å²) in [5, 5.41) is 10.6. The zero-order chi connectivity index (χ0) is 19.5. The van der Waals surface area contributed by atoms with E-state index in [1.165, 1.54) is 0 Å². The highest BCUT2D eigenvalue weighted by atomic mass is 19.4. The fourth-order valence-corrected chi connectivity index (χ4v) is 5.14. The predicted octanol–water partition coefficient (Wildman–Crippen LogP) is 2.40. The van der Waals surface area contributed by atoms with E-state index in [0.717, 1.165) is 0 Å². The molecule has 0 aromatic carbocycles. The largest absolute Gasteiger partial charge is 0.550 e. The second kappa shape index (κ2) is 5.84. The van der Waals surface area contributed by atoms with Gasteiger partial charge in [-0.25, -0.2) is 0 Å². The minimum atomic E-state index is -5.97. The average Bonchev–Trinajstić information content (AvgIpc) is 2.45. The molecule has 4 aliphatic carbocycles. The number of ketones is 1. The van der Waals surface area contributed by atoms with Crippen molar-refractivity contribution in [3.05, 3.63) is 0 Å². The maximum atomic E-state index is 13.3. The molecule has 2 unspecified atom stereocenters. The highest BCUT2D eigenvalue weighted by Gasteiger charge is 2.72. The van der Waals surface area contributed by atoms with Crippen molar-refractivity contribution in [3.8, 4) is 0 Å². The van der Waals surface area contributed by atoms with Crippen LogP contribution in [0.5, 0.6) is 0 Å². The van der Waals surface area contributed by atoms with E-state index in [4.69, 9.17) is 0 Å². The van der Waals surface area contributed by atoms with Crippen LogP contribution in [-0.2, 0) is 14.3 Å². The summed E-state index contributed by atoms with van der Waals surface area (Å²) < 4.78 is 84.0. The number of hydrogen-bond donors (Lipinski definition) is 0. The zero-order valence-electron chi connectivity index (χ0n) is 13.6. The van der Waals surface area contributed by atoms with Gasteiger partial charge in [0.05, 0.1) is 6.61 Å². The molecule has 0 aromatic rings. The van der Waals surface area contributed by atoms with Gasteiger partial charge >= 0.3 is 12.4 Å². The van der Waals surface area contributed by atoms with Crippen LogP contribution in [0.2, 0.25) is 0 Å². The van der Waals surface area contributed by atoms with Gasteiger partial charge in [-0.1, -0.05) is 0 Å². The van der Waals surface area contributed by atoms with Crippen molar-refractivity contribution in [1.29, 1.82) is 0 Å². The number of halogens is 6.